The third kappa shape index (κ3) is 5.71. The molecule has 1 unspecified atom stereocenters. The molecule has 5 nitrogen and oxygen atoms in total. The molecule has 0 spiro atoms. The second-order valence-corrected chi connectivity index (χ2v) is 5.73. The molecule has 6 heteroatoms. The number of aliphatic hydroxyl groups excluding tert-OH is 1. The van der Waals surface area contributed by atoms with Crippen LogP contribution in [0.2, 0.25) is 0 Å². The Morgan fingerprint density at radius 3 is 2.35 bits per heavy atom. The third-order valence-electron chi connectivity index (χ3n) is 2.80. The number of hydrogen-bond donors (Lipinski definition) is 3. The summed E-state index contributed by atoms with van der Waals surface area (Å²) in [5.41, 5.74) is 0.551. The van der Waals surface area contributed by atoms with Crippen molar-refractivity contribution in [1.29, 1.82) is 0 Å². The molecule has 0 saturated heterocycles. The van der Waals surface area contributed by atoms with Crippen LogP contribution in [0.25, 0.3) is 0 Å². The Hall–Kier alpha value is -1.40. The van der Waals surface area contributed by atoms with Crippen LogP contribution in [0.3, 0.4) is 0 Å². The van der Waals surface area contributed by atoms with Gasteiger partial charge >= 0.3 is 11.8 Å². The average Bonchev–Trinajstić information content (AvgIpc) is 2.40. The zero-order valence-electron chi connectivity index (χ0n) is 11.5. The standard InChI is InChI=1S/C14H19BrN2O3/c1-9(2)12(18)7-8-16-13(19)14(20)17-11-5-3-10(15)4-6-11/h3-6,9,12,18H,7-8H2,1-2H3,(H,16,19)(H,17,20). The average molecular weight is 343 g/mol. The lowest BCUT2D eigenvalue weighted by Crippen LogP contribution is -2.37. The van der Waals surface area contributed by atoms with E-state index < -0.39 is 17.9 Å². The maximum absolute atomic E-state index is 11.6. The number of benzene rings is 1. The number of nitrogens with one attached hydrogen (secondary N) is 2. The number of carbonyl (C=O) groups is 2. The summed E-state index contributed by atoms with van der Waals surface area (Å²) in [4.78, 5) is 23.2. The fourth-order valence-electron chi connectivity index (χ4n) is 1.47. The Morgan fingerprint density at radius 1 is 1.20 bits per heavy atom. The Balaban J connectivity index is 2.36. The van der Waals surface area contributed by atoms with Crippen molar-refractivity contribution in [1.82, 2.24) is 5.32 Å². The van der Waals surface area contributed by atoms with Crippen molar-refractivity contribution in [3.63, 3.8) is 0 Å². The van der Waals surface area contributed by atoms with Crippen LogP contribution in [0.15, 0.2) is 28.7 Å². The molecule has 1 aromatic carbocycles. The van der Waals surface area contributed by atoms with Gasteiger partial charge in [-0.3, -0.25) is 9.59 Å². The van der Waals surface area contributed by atoms with Gasteiger partial charge in [-0.05, 0) is 36.6 Å². The highest BCUT2D eigenvalue weighted by atomic mass is 79.9. The van der Waals surface area contributed by atoms with Crippen LogP contribution >= 0.6 is 15.9 Å². The molecule has 1 aromatic rings. The zero-order chi connectivity index (χ0) is 15.1. The van der Waals surface area contributed by atoms with E-state index >= 15 is 0 Å². The van der Waals surface area contributed by atoms with Crippen LogP contribution < -0.4 is 10.6 Å². The summed E-state index contributed by atoms with van der Waals surface area (Å²) in [6, 6.07) is 6.93. The molecule has 0 fully saturated rings. The largest absolute Gasteiger partial charge is 0.393 e. The second-order valence-electron chi connectivity index (χ2n) is 4.82. The van der Waals surface area contributed by atoms with Gasteiger partial charge in [0.25, 0.3) is 0 Å². The van der Waals surface area contributed by atoms with Gasteiger partial charge in [0, 0.05) is 16.7 Å². The molecule has 3 N–H and O–H groups in total. The molecule has 0 aliphatic carbocycles. The number of hydrogen-bond acceptors (Lipinski definition) is 3. The fourth-order valence-corrected chi connectivity index (χ4v) is 1.73. The number of aliphatic hydroxyl groups is 1. The first-order valence-electron chi connectivity index (χ1n) is 6.43. The maximum atomic E-state index is 11.6. The van der Waals surface area contributed by atoms with E-state index in [0.717, 1.165) is 4.47 Å². The first-order valence-corrected chi connectivity index (χ1v) is 7.22. The molecule has 110 valence electrons. The van der Waals surface area contributed by atoms with Crippen LogP contribution in [0.4, 0.5) is 5.69 Å². The maximum Gasteiger partial charge on any atom is 0.313 e. The van der Waals surface area contributed by atoms with E-state index in [-0.39, 0.29) is 12.5 Å². The SMILES string of the molecule is CC(C)C(O)CCNC(=O)C(=O)Nc1ccc(Br)cc1. The molecule has 0 saturated carbocycles. The van der Waals surface area contributed by atoms with Gasteiger partial charge in [0.2, 0.25) is 0 Å². The molecule has 0 aromatic heterocycles. The third-order valence-corrected chi connectivity index (χ3v) is 3.33. The lowest BCUT2D eigenvalue weighted by Gasteiger charge is -2.14. The normalized spacial score (nSPS) is 12.1. The van der Waals surface area contributed by atoms with Gasteiger partial charge in [0.05, 0.1) is 6.10 Å². The van der Waals surface area contributed by atoms with Crippen molar-refractivity contribution in [2.24, 2.45) is 5.92 Å². The highest BCUT2D eigenvalue weighted by Gasteiger charge is 2.14. The van der Waals surface area contributed by atoms with Gasteiger partial charge in [-0.2, -0.15) is 0 Å². The minimum atomic E-state index is -0.716. The van der Waals surface area contributed by atoms with E-state index in [0.29, 0.717) is 12.1 Å². The highest BCUT2D eigenvalue weighted by molar-refractivity contribution is 9.10. The number of carbonyl (C=O) groups excluding carboxylic acids is 2. The molecule has 0 aliphatic rings. The van der Waals surface area contributed by atoms with Crippen LogP contribution in [-0.4, -0.2) is 29.6 Å². The van der Waals surface area contributed by atoms with Crippen molar-refractivity contribution in [2.45, 2.75) is 26.4 Å². The van der Waals surface area contributed by atoms with Gasteiger partial charge < -0.3 is 15.7 Å². The van der Waals surface area contributed by atoms with Crippen molar-refractivity contribution in [3.05, 3.63) is 28.7 Å². The molecular weight excluding hydrogens is 324 g/mol. The predicted molar refractivity (Wildman–Crippen MR) is 81.2 cm³/mol. The van der Waals surface area contributed by atoms with Crippen molar-refractivity contribution in [3.8, 4) is 0 Å². The molecule has 0 bridgehead atoms. The molecular formula is C14H19BrN2O3. The number of halogens is 1. The summed E-state index contributed by atoms with van der Waals surface area (Å²) < 4.78 is 0.891. The summed E-state index contributed by atoms with van der Waals surface area (Å²) in [7, 11) is 0. The van der Waals surface area contributed by atoms with Crippen molar-refractivity contribution >= 4 is 33.4 Å². The topological polar surface area (TPSA) is 78.4 Å². The van der Waals surface area contributed by atoms with Gasteiger partial charge in [0.15, 0.2) is 0 Å². The molecule has 1 atom stereocenters. The van der Waals surface area contributed by atoms with Gasteiger partial charge in [-0.15, -0.1) is 0 Å². The number of rotatable bonds is 5. The summed E-state index contributed by atoms with van der Waals surface area (Å²) in [6.07, 6.45) is -0.0561. The molecule has 2 amide bonds. The van der Waals surface area contributed by atoms with Gasteiger partial charge in [-0.1, -0.05) is 29.8 Å². The molecule has 1 rings (SSSR count). The number of amides is 2. The van der Waals surface area contributed by atoms with E-state index in [1.165, 1.54) is 0 Å². The molecule has 20 heavy (non-hydrogen) atoms. The minimum Gasteiger partial charge on any atom is -0.393 e. The van der Waals surface area contributed by atoms with E-state index in [2.05, 4.69) is 26.6 Å². The van der Waals surface area contributed by atoms with Crippen molar-refractivity contribution < 1.29 is 14.7 Å². The van der Waals surface area contributed by atoms with Crippen LogP contribution in [0.5, 0.6) is 0 Å². The van der Waals surface area contributed by atoms with Crippen LogP contribution in [0.1, 0.15) is 20.3 Å². The summed E-state index contributed by atoms with van der Waals surface area (Å²) in [5, 5.41) is 14.6. The molecule has 0 heterocycles. The smallest absolute Gasteiger partial charge is 0.313 e. The summed E-state index contributed by atoms with van der Waals surface area (Å²) in [6.45, 7) is 4.06. The van der Waals surface area contributed by atoms with Gasteiger partial charge in [0.1, 0.15) is 0 Å². The lowest BCUT2D eigenvalue weighted by molar-refractivity contribution is -0.136. The fraction of sp³-hybridized carbons (Fsp3) is 0.429. The van der Waals surface area contributed by atoms with E-state index in [1.807, 2.05) is 13.8 Å². The first-order chi connectivity index (χ1) is 9.40. The molecule has 0 aliphatic heterocycles. The van der Waals surface area contributed by atoms with Crippen molar-refractivity contribution in [2.75, 3.05) is 11.9 Å². The number of anilines is 1. The monoisotopic (exact) mass is 342 g/mol. The highest BCUT2D eigenvalue weighted by Crippen LogP contribution is 2.13. The summed E-state index contributed by atoms with van der Waals surface area (Å²) in [5.74, 6) is -1.29. The van der Waals surface area contributed by atoms with Crippen LogP contribution in [0, 0.1) is 5.92 Å². The van der Waals surface area contributed by atoms with E-state index in [1.54, 1.807) is 24.3 Å². The van der Waals surface area contributed by atoms with E-state index in [9.17, 15) is 14.7 Å². The minimum absolute atomic E-state index is 0.128. The van der Waals surface area contributed by atoms with Crippen LogP contribution in [-0.2, 0) is 9.59 Å². The Morgan fingerprint density at radius 2 is 1.80 bits per heavy atom. The molecule has 0 radical (unpaired) electrons. The lowest BCUT2D eigenvalue weighted by atomic mass is 10.0. The first kappa shape index (κ1) is 16.7. The Labute approximate surface area is 126 Å². The Kier molecular flexibility index (Phi) is 6.67. The summed E-state index contributed by atoms with van der Waals surface area (Å²) >= 11 is 3.28. The Bertz CT molecular complexity index is 460. The second kappa shape index (κ2) is 8.01. The predicted octanol–water partition coefficient (Wildman–Crippen LogP) is 1.91. The quantitative estimate of drug-likeness (QED) is 0.715. The zero-order valence-corrected chi connectivity index (χ0v) is 13.1. The van der Waals surface area contributed by atoms with Gasteiger partial charge in [-0.25, -0.2) is 0 Å². The van der Waals surface area contributed by atoms with E-state index in [4.69, 9.17) is 0 Å².